The number of phenols is 1. The molecule has 0 radical (unpaired) electrons. The lowest BCUT2D eigenvalue weighted by Crippen LogP contribution is -2.42. The molecule has 1 heterocycles. The summed E-state index contributed by atoms with van der Waals surface area (Å²) in [5, 5.41) is 21.1. The van der Waals surface area contributed by atoms with E-state index in [4.69, 9.17) is 10.9 Å². The van der Waals surface area contributed by atoms with Crippen molar-refractivity contribution in [3.05, 3.63) is 29.3 Å². The molecule has 0 atom stereocenters. The monoisotopic (exact) mass is 277 g/mol. The first-order valence-electron chi connectivity index (χ1n) is 6.59. The molecule has 2 rings (SSSR count). The van der Waals surface area contributed by atoms with Gasteiger partial charge in [0.2, 0.25) is 0 Å². The van der Waals surface area contributed by atoms with Crippen LogP contribution in [0.5, 0.6) is 5.75 Å². The molecule has 20 heavy (non-hydrogen) atoms. The number of piperidine rings is 1. The van der Waals surface area contributed by atoms with Crippen LogP contribution in [0.3, 0.4) is 0 Å². The second-order valence-electron chi connectivity index (χ2n) is 5.09. The van der Waals surface area contributed by atoms with Crippen LogP contribution in [0.4, 0.5) is 0 Å². The number of rotatable bonds is 2. The van der Waals surface area contributed by atoms with Crippen molar-refractivity contribution in [2.24, 2.45) is 16.8 Å². The van der Waals surface area contributed by atoms with E-state index in [1.807, 2.05) is 0 Å². The van der Waals surface area contributed by atoms with Crippen LogP contribution in [0.1, 0.15) is 28.8 Å². The van der Waals surface area contributed by atoms with E-state index in [9.17, 15) is 9.90 Å². The van der Waals surface area contributed by atoms with Crippen molar-refractivity contribution in [1.82, 2.24) is 4.90 Å². The third kappa shape index (κ3) is 2.84. The van der Waals surface area contributed by atoms with E-state index in [2.05, 4.69) is 5.16 Å². The number of aromatic hydroxyl groups is 1. The molecule has 4 N–H and O–H groups in total. The number of amidine groups is 1. The molecule has 1 saturated heterocycles. The van der Waals surface area contributed by atoms with E-state index in [-0.39, 0.29) is 23.4 Å². The van der Waals surface area contributed by atoms with Crippen LogP contribution >= 0.6 is 0 Å². The van der Waals surface area contributed by atoms with Crippen molar-refractivity contribution < 1.29 is 15.1 Å². The molecule has 0 saturated carbocycles. The van der Waals surface area contributed by atoms with Crippen LogP contribution < -0.4 is 5.73 Å². The van der Waals surface area contributed by atoms with E-state index in [0.717, 1.165) is 5.56 Å². The number of benzene rings is 1. The van der Waals surface area contributed by atoms with Gasteiger partial charge in [0.25, 0.3) is 5.91 Å². The Balaban J connectivity index is 2.05. The lowest BCUT2D eigenvalue weighted by molar-refractivity contribution is 0.0708. The highest BCUT2D eigenvalue weighted by atomic mass is 16.4. The molecular formula is C14H19N3O3. The summed E-state index contributed by atoms with van der Waals surface area (Å²) in [7, 11) is 0. The van der Waals surface area contributed by atoms with E-state index < -0.39 is 0 Å². The number of nitrogens with two attached hydrogens (primary N) is 1. The van der Waals surface area contributed by atoms with Crippen LogP contribution in [0.2, 0.25) is 0 Å². The molecule has 108 valence electrons. The number of amides is 1. The minimum absolute atomic E-state index is 0.0324. The molecule has 1 amide bonds. The standard InChI is InChI=1S/C14H19N3O3/c1-9-8-11(18)2-3-12(9)14(19)17-6-4-10(5-7-17)13(15)16-20/h2-3,8,10,18,20H,4-7H2,1H3,(H2,15,16). The lowest BCUT2D eigenvalue weighted by Gasteiger charge is -2.31. The van der Waals surface area contributed by atoms with Crippen molar-refractivity contribution in [2.75, 3.05) is 13.1 Å². The molecule has 0 bridgehead atoms. The molecule has 0 unspecified atom stereocenters. The van der Waals surface area contributed by atoms with E-state index in [1.165, 1.54) is 6.07 Å². The van der Waals surface area contributed by atoms with E-state index >= 15 is 0 Å². The minimum Gasteiger partial charge on any atom is -0.508 e. The minimum atomic E-state index is -0.0412. The van der Waals surface area contributed by atoms with Crippen molar-refractivity contribution >= 4 is 11.7 Å². The average Bonchev–Trinajstić information content (AvgIpc) is 2.46. The normalized spacial score (nSPS) is 17.2. The maximum absolute atomic E-state index is 12.4. The van der Waals surface area contributed by atoms with Gasteiger partial charge in [-0.15, -0.1) is 0 Å². The van der Waals surface area contributed by atoms with Gasteiger partial charge in [-0.2, -0.15) is 0 Å². The molecule has 6 nitrogen and oxygen atoms in total. The van der Waals surface area contributed by atoms with Crippen molar-refractivity contribution in [2.45, 2.75) is 19.8 Å². The Morgan fingerprint density at radius 2 is 2.05 bits per heavy atom. The molecule has 6 heteroatoms. The SMILES string of the molecule is Cc1cc(O)ccc1C(=O)N1CCC(/C(N)=N/O)CC1. The van der Waals surface area contributed by atoms with Crippen molar-refractivity contribution in [3.63, 3.8) is 0 Å². The maximum Gasteiger partial charge on any atom is 0.254 e. The van der Waals surface area contributed by atoms with Gasteiger partial charge in [-0.1, -0.05) is 5.16 Å². The number of nitrogens with zero attached hydrogens (tertiary/aromatic N) is 2. The molecule has 1 aromatic carbocycles. The summed E-state index contributed by atoms with van der Waals surface area (Å²) < 4.78 is 0. The third-order valence-electron chi connectivity index (χ3n) is 3.76. The van der Waals surface area contributed by atoms with Crippen LogP contribution in [0, 0.1) is 12.8 Å². The lowest BCUT2D eigenvalue weighted by atomic mass is 9.95. The maximum atomic E-state index is 12.4. The number of phenolic OH excluding ortho intramolecular Hbond substituents is 1. The molecule has 1 aliphatic heterocycles. The summed E-state index contributed by atoms with van der Waals surface area (Å²) in [4.78, 5) is 14.2. The largest absolute Gasteiger partial charge is 0.508 e. The number of oxime groups is 1. The van der Waals surface area contributed by atoms with Crippen LogP contribution in [-0.4, -0.2) is 40.0 Å². The highest BCUT2D eigenvalue weighted by Gasteiger charge is 2.26. The first-order chi connectivity index (χ1) is 9.52. The molecule has 0 aliphatic carbocycles. The van der Waals surface area contributed by atoms with Gasteiger partial charge in [0.05, 0.1) is 0 Å². The quantitative estimate of drug-likeness (QED) is 0.328. The van der Waals surface area contributed by atoms with Gasteiger partial charge >= 0.3 is 0 Å². The first-order valence-corrected chi connectivity index (χ1v) is 6.59. The number of likely N-dealkylation sites (tertiary alicyclic amines) is 1. The zero-order valence-electron chi connectivity index (χ0n) is 11.4. The molecule has 0 aromatic heterocycles. The molecule has 1 aliphatic rings. The summed E-state index contributed by atoms with van der Waals surface area (Å²) in [5.41, 5.74) is 6.95. The highest BCUT2D eigenvalue weighted by molar-refractivity contribution is 5.96. The number of hydrogen-bond donors (Lipinski definition) is 3. The second-order valence-corrected chi connectivity index (χ2v) is 5.09. The Morgan fingerprint density at radius 3 is 2.60 bits per heavy atom. The van der Waals surface area contributed by atoms with E-state index in [0.29, 0.717) is 31.5 Å². The zero-order valence-corrected chi connectivity index (χ0v) is 11.4. The number of carbonyl (C=O) groups is 1. The van der Waals surface area contributed by atoms with Crippen LogP contribution in [0.25, 0.3) is 0 Å². The topological polar surface area (TPSA) is 99.2 Å². The fraction of sp³-hybridized carbons (Fsp3) is 0.429. The van der Waals surface area contributed by atoms with Crippen molar-refractivity contribution in [3.8, 4) is 5.75 Å². The summed E-state index contributed by atoms with van der Waals surface area (Å²) in [5.74, 6) is 0.382. The fourth-order valence-corrected chi connectivity index (χ4v) is 2.52. The Bertz CT molecular complexity index is 534. The predicted octanol–water partition coefficient (Wildman–Crippen LogP) is 1.30. The van der Waals surface area contributed by atoms with Gasteiger partial charge in [-0.25, -0.2) is 0 Å². The fourth-order valence-electron chi connectivity index (χ4n) is 2.52. The Labute approximate surface area is 117 Å². The van der Waals surface area contributed by atoms with Crippen molar-refractivity contribution in [1.29, 1.82) is 0 Å². The molecule has 1 aromatic rings. The Hall–Kier alpha value is -2.24. The van der Waals surface area contributed by atoms with Gasteiger partial charge in [-0.05, 0) is 43.5 Å². The summed E-state index contributed by atoms with van der Waals surface area (Å²) in [6, 6.07) is 4.74. The summed E-state index contributed by atoms with van der Waals surface area (Å²) in [6.07, 6.45) is 1.39. The number of carbonyl (C=O) groups excluding carboxylic acids is 1. The molecule has 1 fully saturated rings. The van der Waals surface area contributed by atoms with E-state index in [1.54, 1.807) is 24.0 Å². The van der Waals surface area contributed by atoms with Gasteiger partial charge in [0.15, 0.2) is 0 Å². The number of hydrogen-bond acceptors (Lipinski definition) is 4. The van der Waals surface area contributed by atoms with Gasteiger partial charge in [-0.3, -0.25) is 4.79 Å². The van der Waals surface area contributed by atoms with Gasteiger partial charge < -0.3 is 20.9 Å². The summed E-state index contributed by atoms with van der Waals surface area (Å²) in [6.45, 7) is 2.97. The predicted molar refractivity (Wildman–Crippen MR) is 74.9 cm³/mol. The van der Waals surface area contributed by atoms with Gasteiger partial charge in [0.1, 0.15) is 11.6 Å². The Morgan fingerprint density at radius 1 is 1.40 bits per heavy atom. The highest BCUT2D eigenvalue weighted by Crippen LogP contribution is 2.22. The van der Waals surface area contributed by atoms with Crippen LogP contribution in [0.15, 0.2) is 23.4 Å². The smallest absolute Gasteiger partial charge is 0.254 e. The third-order valence-corrected chi connectivity index (χ3v) is 3.76. The summed E-state index contributed by atoms with van der Waals surface area (Å²) >= 11 is 0. The molecular weight excluding hydrogens is 258 g/mol. The zero-order chi connectivity index (χ0) is 14.7. The second kappa shape index (κ2) is 5.81. The number of aryl methyl sites for hydroxylation is 1. The first kappa shape index (κ1) is 14.2. The van der Waals surface area contributed by atoms with Crippen LogP contribution in [-0.2, 0) is 0 Å². The molecule has 0 spiro atoms. The van der Waals surface area contributed by atoms with Gasteiger partial charge in [0, 0.05) is 24.6 Å². The Kier molecular flexibility index (Phi) is 4.12. The average molecular weight is 277 g/mol.